The molecule has 0 N–H and O–H groups in total. The topological polar surface area (TPSA) is 24.3 Å². The zero-order valence-electron chi connectivity index (χ0n) is 17.0. The SMILES string of the molecule is Cc1ccccc1N1CCN(c2nc3ccc(C(F)(F)F)cc3n2CC2CC2)CC1. The smallest absolute Gasteiger partial charge is 0.368 e. The molecule has 7 heteroatoms. The Morgan fingerprint density at radius 1 is 0.967 bits per heavy atom. The predicted octanol–water partition coefficient (Wildman–Crippen LogP) is 5.10. The van der Waals surface area contributed by atoms with Gasteiger partial charge < -0.3 is 14.4 Å². The third-order valence-electron chi connectivity index (χ3n) is 6.21. The fourth-order valence-electron chi connectivity index (χ4n) is 4.33. The minimum atomic E-state index is -4.35. The van der Waals surface area contributed by atoms with Crippen molar-refractivity contribution in [3.63, 3.8) is 0 Å². The lowest BCUT2D eigenvalue weighted by molar-refractivity contribution is -0.137. The largest absolute Gasteiger partial charge is 0.416 e. The Kier molecular flexibility index (Phi) is 4.64. The average Bonchev–Trinajstić information content (AvgIpc) is 3.48. The summed E-state index contributed by atoms with van der Waals surface area (Å²) in [5.74, 6) is 1.35. The number of hydrogen-bond acceptors (Lipinski definition) is 3. The van der Waals surface area contributed by atoms with Crippen molar-refractivity contribution < 1.29 is 13.2 Å². The number of fused-ring (bicyclic) bond motifs is 1. The molecule has 2 aromatic carbocycles. The maximum atomic E-state index is 13.3. The van der Waals surface area contributed by atoms with Gasteiger partial charge in [-0.05, 0) is 55.5 Å². The molecule has 4 nitrogen and oxygen atoms in total. The molecule has 30 heavy (non-hydrogen) atoms. The molecule has 0 bridgehead atoms. The minimum absolute atomic E-state index is 0.545. The van der Waals surface area contributed by atoms with Gasteiger partial charge in [0.05, 0.1) is 16.6 Å². The molecular weight excluding hydrogens is 389 g/mol. The van der Waals surface area contributed by atoms with Gasteiger partial charge in [-0.25, -0.2) is 4.98 Å². The third kappa shape index (κ3) is 3.61. The third-order valence-corrected chi connectivity index (χ3v) is 6.21. The van der Waals surface area contributed by atoms with Crippen LogP contribution in [0.15, 0.2) is 42.5 Å². The Labute approximate surface area is 173 Å². The first-order chi connectivity index (χ1) is 14.4. The van der Waals surface area contributed by atoms with Crippen LogP contribution in [-0.2, 0) is 12.7 Å². The molecule has 2 fully saturated rings. The second-order valence-electron chi connectivity index (χ2n) is 8.43. The molecule has 1 saturated carbocycles. The van der Waals surface area contributed by atoms with Gasteiger partial charge >= 0.3 is 6.18 Å². The second-order valence-corrected chi connectivity index (χ2v) is 8.43. The van der Waals surface area contributed by atoms with Gasteiger partial charge in [-0.2, -0.15) is 13.2 Å². The quantitative estimate of drug-likeness (QED) is 0.594. The Morgan fingerprint density at radius 3 is 2.33 bits per heavy atom. The molecule has 158 valence electrons. The van der Waals surface area contributed by atoms with Crippen LogP contribution in [-0.4, -0.2) is 35.7 Å². The zero-order valence-corrected chi connectivity index (χ0v) is 17.0. The van der Waals surface area contributed by atoms with Gasteiger partial charge in [0, 0.05) is 38.4 Å². The van der Waals surface area contributed by atoms with Crippen molar-refractivity contribution in [1.29, 1.82) is 0 Å². The summed E-state index contributed by atoms with van der Waals surface area (Å²) in [5, 5.41) is 0. The summed E-state index contributed by atoms with van der Waals surface area (Å²) in [4.78, 5) is 9.36. The van der Waals surface area contributed by atoms with E-state index in [1.54, 1.807) is 0 Å². The van der Waals surface area contributed by atoms with Crippen molar-refractivity contribution in [1.82, 2.24) is 9.55 Å². The first-order valence-electron chi connectivity index (χ1n) is 10.5. The van der Waals surface area contributed by atoms with Crippen LogP contribution >= 0.6 is 0 Å². The summed E-state index contributed by atoms with van der Waals surface area (Å²) in [7, 11) is 0. The molecule has 0 spiro atoms. The van der Waals surface area contributed by atoms with Gasteiger partial charge in [-0.3, -0.25) is 0 Å². The summed E-state index contributed by atoms with van der Waals surface area (Å²) in [6, 6.07) is 12.3. The fraction of sp³-hybridized carbons (Fsp3) is 0.435. The average molecular weight is 414 g/mol. The summed E-state index contributed by atoms with van der Waals surface area (Å²) < 4.78 is 41.8. The van der Waals surface area contributed by atoms with Gasteiger partial charge in [-0.15, -0.1) is 0 Å². The maximum absolute atomic E-state index is 13.3. The van der Waals surface area contributed by atoms with E-state index >= 15 is 0 Å². The second kappa shape index (κ2) is 7.22. The Morgan fingerprint density at radius 2 is 1.67 bits per heavy atom. The number of halogens is 3. The summed E-state index contributed by atoms with van der Waals surface area (Å²) in [6.07, 6.45) is -2.07. The molecular formula is C23H25F3N4. The van der Waals surface area contributed by atoms with Crippen LogP contribution in [0.5, 0.6) is 0 Å². The molecule has 0 atom stereocenters. The van der Waals surface area contributed by atoms with Crippen LogP contribution in [0.1, 0.15) is 24.0 Å². The highest BCUT2D eigenvalue weighted by atomic mass is 19.4. The van der Waals surface area contributed by atoms with Crippen molar-refractivity contribution >= 4 is 22.7 Å². The Bertz CT molecular complexity index is 1060. The summed E-state index contributed by atoms with van der Waals surface area (Å²) in [5.41, 5.74) is 3.13. The molecule has 1 aromatic heterocycles. The first-order valence-corrected chi connectivity index (χ1v) is 10.5. The molecule has 0 amide bonds. The van der Waals surface area contributed by atoms with Crippen molar-refractivity contribution in [2.24, 2.45) is 5.92 Å². The van der Waals surface area contributed by atoms with E-state index in [-0.39, 0.29) is 0 Å². The Hall–Kier alpha value is -2.70. The number of para-hydroxylation sites is 1. The standard InChI is InChI=1S/C23H25F3N4/c1-16-4-2-3-5-20(16)28-10-12-29(13-11-28)22-27-19-9-8-18(23(24,25)26)14-21(19)30(22)15-17-6-7-17/h2-5,8-9,14,17H,6-7,10-13,15H2,1H3. The van der Waals surface area contributed by atoms with E-state index < -0.39 is 11.7 Å². The van der Waals surface area contributed by atoms with Gasteiger partial charge in [0.2, 0.25) is 5.95 Å². The van der Waals surface area contributed by atoms with Gasteiger partial charge in [0.25, 0.3) is 0 Å². The molecule has 1 saturated heterocycles. The number of alkyl halides is 3. The number of aryl methyl sites for hydroxylation is 1. The van der Waals surface area contributed by atoms with Gasteiger partial charge in [-0.1, -0.05) is 18.2 Å². The molecule has 5 rings (SSSR count). The lowest BCUT2D eigenvalue weighted by atomic mass is 10.1. The minimum Gasteiger partial charge on any atom is -0.368 e. The number of piperazine rings is 1. The van der Waals surface area contributed by atoms with Crippen molar-refractivity contribution in [2.75, 3.05) is 36.0 Å². The first kappa shape index (κ1) is 19.3. The maximum Gasteiger partial charge on any atom is 0.416 e. The van der Waals surface area contributed by atoms with Crippen LogP contribution in [0.2, 0.25) is 0 Å². The van der Waals surface area contributed by atoms with E-state index in [4.69, 9.17) is 4.98 Å². The number of nitrogens with zero attached hydrogens (tertiary/aromatic N) is 4. The monoisotopic (exact) mass is 414 g/mol. The predicted molar refractivity (Wildman–Crippen MR) is 113 cm³/mol. The number of hydrogen-bond donors (Lipinski definition) is 0. The van der Waals surface area contributed by atoms with Crippen LogP contribution in [0.3, 0.4) is 0 Å². The fourth-order valence-corrected chi connectivity index (χ4v) is 4.33. The zero-order chi connectivity index (χ0) is 20.9. The van der Waals surface area contributed by atoms with Crippen LogP contribution < -0.4 is 9.80 Å². The van der Waals surface area contributed by atoms with E-state index in [0.29, 0.717) is 17.0 Å². The van der Waals surface area contributed by atoms with Crippen LogP contribution in [0.25, 0.3) is 11.0 Å². The van der Waals surface area contributed by atoms with E-state index in [2.05, 4.69) is 34.9 Å². The molecule has 1 aliphatic heterocycles. The van der Waals surface area contributed by atoms with E-state index in [0.717, 1.165) is 57.6 Å². The molecule has 1 aliphatic carbocycles. The highest BCUT2D eigenvalue weighted by Crippen LogP contribution is 2.37. The highest BCUT2D eigenvalue weighted by molar-refractivity contribution is 5.80. The Balaban J connectivity index is 1.44. The van der Waals surface area contributed by atoms with Crippen molar-refractivity contribution in [3.8, 4) is 0 Å². The van der Waals surface area contributed by atoms with Crippen LogP contribution in [0, 0.1) is 12.8 Å². The molecule has 0 unspecified atom stereocenters. The lowest BCUT2D eigenvalue weighted by Gasteiger charge is -2.37. The molecule has 3 aromatic rings. The van der Waals surface area contributed by atoms with Crippen molar-refractivity contribution in [3.05, 3.63) is 53.6 Å². The normalized spacial score (nSPS) is 17.7. The number of imidazole rings is 1. The molecule has 0 radical (unpaired) electrons. The molecule has 2 heterocycles. The van der Waals surface area contributed by atoms with Gasteiger partial charge in [0.1, 0.15) is 0 Å². The van der Waals surface area contributed by atoms with E-state index in [1.807, 2.05) is 10.6 Å². The number of rotatable bonds is 4. The number of anilines is 2. The molecule has 2 aliphatic rings. The number of benzene rings is 2. The summed E-state index contributed by atoms with van der Waals surface area (Å²) in [6.45, 7) is 6.19. The van der Waals surface area contributed by atoms with E-state index in [1.165, 1.54) is 23.4 Å². The number of aromatic nitrogens is 2. The lowest BCUT2D eigenvalue weighted by Crippen LogP contribution is -2.47. The van der Waals surface area contributed by atoms with Gasteiger partial charge in [0.15, 0.2) is 0 Å². The van der Waals surface area contributed by atoms with E-state index in [9.17, 15) is 13.2 Å². The van der Waals surface area contributed by atoms with Crippen LogP contribution in [0.4, 0.5) is 24.8 Å². The highest BCUT2D eigenvalue weighted by Gasteiger charge is 2.33. The summed E-state index contributed by atoms with van der Waals surface area (Å²) >= 11 is 0. The van der Waals surface area contributed by atoms with Crippen molar-refractivity contribution in [2.45, 2.75) is 32.5 Å².